The molecule has 0 aromatic heterocycles. The maximum absolute atomic E-state index is 10.9. The molecule has 0 saturated heterocycles. The Kier molecular flexibility index (Phi) is 5.30. The number of amides is 1. The van der Waals surface area contributed by atoms with Gasteiger partial charge in [-0.3, -0.25) is 4.79 Å². The molecular formula is C15H14BrN3OS. The standard InChI is InChI=1S/C15H14BrN3OS/c1-10(20)17-12-5-7-13(8-6-12)18-15(21)19-14-4-2-3-11(16)9-14/h2-9H,1H3,(H,17,20)(H2,18,19,21). The van der Waals surface area contributed by atoms with Crippen LogP contribution < -0.4 is 16.0 Å². The molecule has 108 valence electrons. The zero-order valence-corrected chi connectivity index (χ0v) is 13.7. The van der Waals surface area contributed by atoms with Crippen LogP contribution in [-0.2, 0) is 4.79 Å². The van der Waals surface area contributed by atoms with E-state index >= 15 is 0 Å². The number of carbonyl (C=O) groups is 1. The van der Waals surface area contributed by atoms with E-state index < -0.39 is 0 Å². The lowest BCUT2D eigenvalue weighted by Gasteiger charge is -2.11. The van der Waals surface area contributed by atoms with E-state index in [4.69, 9.17) is 12.2 Å². The molecule has 0 atom stereocenters. The first-order chi connectivity index (χ1) is 10.0. The molecule has 2 rings (SSSR count). The summed E-state index contributed by atoms with van der Waals surface area (Å²) in [4.78, 5) is 10.9. The smallest absolute Gasteiger partial charge is 0.221 e. The lowest BCUT2D eigenvalue weighted by Crippen LogP contribution is -2.19. The van der Waals surface area contributed by atoms with Crippen molar-refractivity contribution in [2.45, 2.75) is 6.92 Å². The predicted octanol–water partition coefficient (Wildman–Crippen LogP) is 4.22. The van der Waals surface area contributed by atoms with E-state index in [9.17, 15) is 4.79 Å². The van der Waals surface area contributed by atoms with Crippen LogP contribution in [0.5, 0.6) is 0 Å². The number of benzene rings is 2. The maximum atomic E-state index is 10.9. The van der Waals surface area contributed by atoms with E-state index in [0.29, 0.717) is 5.11 Å². The van der Waals surface area contributed by atoms with Gasteiger partial charge in [0.05, 0.1) is 0 Å². The molecule has 0 fully saturated rings. The van der Waals surface area contributed by atoms with Gasteiger partial charge in [-0.2, -0.15) is 0 Å². The topological polar surface area (TPSA) is 53.2 Å². The van der Waals surface area contributed by atoms with Gasteiger partial charge >= 0.3 is 0 Å². The molecule has 0 spiro atoms. The molecule has 0 aliphatic carbocycles. The van der Waals surface area contributed by atoms with Gasteiger partial charge in [0.1, 0.15) is 0 Å². The molecule has 0 heterocycles. The van der Waals surface area contributed by atoms with Crippen molar-refractivity contribution in [3.63, 3.8) is 0 Å². The number of hydrogen-bond acceptors (Lipinski definition) is 2. The summed E-state index contributed by atoms with van der Waals surface area (Å²) in [5, 5.41) is 9.39. The summed E-state index contributed by atoms with van der Waals surface area (Å²) < 4.78 is 0.981. The van der Waals surface area contributed by atoms with Crippen LogP contribution in [0.25, 0.3) is 0 Å². The number of thiocarbonyl (C=S) groups is 1. The van der Waals surface area contributed by atoms with Gasteiger partial charge in [0, 0.05) is 28.5 Å². The lowest BCUT2D eigenvalue weighted by atomic mass is 10.3. The minimum Gasteiger partial charge on any atom is -0.332 e. The van der Waals surface area contributed by atoms with Gasteiger partial charge in [-0.1, -0.05) is 22.0 Å². The highest BCUT2D eigenvalue weighted by Crippen LogP contribution is 2.17. The number of anilines is 3. The number of nitrogens with one attached hydrogen (secondary N) is 3. The number of hydrogen-bond donors (Lipinski definition) is 3. The fourth-order valence-electron chi connectivity index (χ4n) is 1.70. The molecule has 21 heavy (non-hydrogen) atoms. The Morgan fingerprint density at radius 2 is 1.52 bits per heavy atom. The number of carbonyl (C=O) groups excluding carboxylic acids is 1. The molecular weight excluding hydrogens is 350 g/mol. The molecule has 0 aliphatic heterocycles. The molecule has 6 heteroatoms. The third-order valence-corrected chi connectivity index (χ3v) is 3.24. The van der Waals surface area contributed by atoms with Gasteiger partial charge in [-0.15, -0.1) is 0 Å². The third kappa shape index (κ3) is 5.17. The molecule has 0 aliphatic rings. The van der Waals surface area contributed by atoms with Crippen LogP contribution in [0.15, 0.2) is 53.0 Å². The second kappa shape index (κ2) is 7.19. The molecule has 4 nitrogen and oxygen atoms in total. The van der Waals surface area contributed by atoms with Crippen LogP contribution in [0, 0.1) is 0 Å². The molecule has 0 radical (unpaired) electrons. The molecule has 2 aromatic carbocycles. The molecule has 2 aromatic rings. The van der Waals surface area contributed by atoms with E-state index in [1.54, 1.807) is 0 Å². The van der Waals surface area contributed by atoms with Crippen molar-refractivity contribution in [1.29, 1.82) is 0 Å². The Hall–Kier alpha value is -1.92. The number of rotatable bonds is 3. The van der Waals surface area contributed by atoms with E-state index in [1.165, 1.54) is 6.92 Å². The van der Waals surface area contributed by atoms with Crippen LogP contribution in [0.1, 0.15) is 6.92 Å². The largest absolute Gasteiger partial charge is 0.332 e. The van der Waals surface area contributed by atoms with Gasteiger partial charge in [0.25, 0.3) is 0 Å². The van der Waals surface area contributed by atoms with Gasteiger partial charge in [0.15, 0.2) is 5.11 Å². The van der Waals surface area contributed by atoms with E-state index in [0.717, 1.165) is 21.5 Å². The van der Waals surface area contributed by atoms with Gasteiger partial charge in [0.2, 0.25) is 5.91 Å². The van der Waals surface area contributed by atoms with Crippen molar-refractivity contribution in [2.75, 3.05) is 16.0 Å². The van der Waals surface area contributed by atoms with Crippen molar-refractivity contribution in [3.8, 4) is 0 Å². The lowest BCUT2D eigenvalue weighted by molar-refractivity contribution is -0.114. The summed E-state index contributed by atoms with van der Waals surface area (Å²) in [6.45, 7) is 1.48. The van der Waals surface area contributed by atoms with Crippen LogP contribution >= 0.6 is 28.1 Å². The summed E-state index contributed by atoms with van der Waals surface area (Å²) in [6.07, 6.45) is 0. The molecule has 1 amide bonds. The first-order valence-electron chi connectivity index (χ1n) is 6.24. The highest BCUT2D eigenvalue weighted by atomic mass is 79.9. The van der Waals surface area contributed by atoms with Crippen LogP contribution in [0.2, 0.25) is 0 Å². The fraction of sp³-hybridized carbons (Fsp3) is 0.0667. The average Bonchev–Trinajstić information content (AvgIpc) is 2.40. The Balaban J connectivity index is 1.95. The van der Waals surface area contributed by atoms with Crippen molar-refractivity contribution in [2.24, 2.45) is 0 Å². The van der Waals surface area contributed by atoms with Crippen molar-refractivity contribution in [3.05, 3.63) is 53.0 Å². The Morgan fingerprint density at radius 3 is 2.10 bits per heavy atom. The minimum atomic E-state index is -0.0949. The summed E-state index contributed by atoms with van der Waals surface area (Å²) in [6, 6.07) is 15.1. The fourth-order valence-corrected chi connectivity index (χ4v) is 2.33. The first-order valence-corrected chi connectivity index (χ1v) is 7.44. The summed E-state index contributed by atoms with van der Waals surface area (Å²) in [5.74, 6) is -0.0949. The monoisotopic (exact) mass is 363 g/mol. The van der Waals surface area contributed by atoms with Crippen LogP contribution in [0.3, 0.4) is 0 Å². The van der Waals surface area contributed by atoms with E-state index in [1.807, 2.05) is 48.5 Å². The molecule has 0 bridgehead atoms. The van der Waals surface area contributed by atoms with Crippen LogP contribution in [0.4, 0.5) is 17.1 Å². The van der Waals surface area contributed by atoms with Gasteiger partial charge in [-0.05, 0) is 54.7 Å². The van der Waals surface area contributed by atoms with E-state index in [-0.39, 0.29) is 5.91 Å². The zero-order chi connectivity index (χ0) is 15.2. The second-order valence-electron chi connectivity index (χ2n) is 4.35. The highest BCUT2D eigenvalue weighted by Gasteiger charge is 2.00. The number of halogens is 1. The SMILES string of the molecule is CC(=O)Nc1ccc(NC(=S)Nc2cccc(Br)c2)cc1. The minimum absolute atomic E-state index is 0.0949. The highest BCUT2D eigenvalue weighted by molar-refractivity contribution is 9.10. The van der Waals surface area contributed by atoms with E-state index in [2.05, 4.69) is 31.9 Å². The summed E-state index contributed by atoms with van der Waals surface area (Å²) in [7, 11) is 0. The van der Waals surface area contributed by atoms with Crippen molar-refractivity contribution >= 4 is 56.2 Å². The Bertz CT molecular complexity index is 658. The summed E-state index contributed by atoms with van der Waals surface area (Å²) >= 11 is 8.67. The molecule has 0 unspecified atom stereocenters. The van der Waals surface area contributed by atoms with Crippen molar-refractivity contribution in [1.82, 2.24) is 0 Å². The maximum Gasteiger partial charge on any atom is 0.221 e. The van der Waals surface area contributed by atoms with Crippen molar-refractivity contribution < 1.29 is 4.79 Å². The zero-order valence-electron chi connectivity index (χ0n) is 11.3. The first kappa shape index (κ1) is 15.5. The molecule has 3 N–H and O–H groups in total. The van der Waals surface area contributed by atoms with Gasteiger partial charge < -0.3 is 16.0 Å². The average molecular weight is 364 g/mol. The second-order valence-corrected chi connectivity index (χ2v) is 5.67. The third-order valence-electron chi connectivity index (χ3n) is 2.55. The quantitative estimate of drug-likeness (QED) is 0.714. The Morgan fingerprint density at radius 1 is 0.952 bits per heavy atom. The Labute approximate surface area is 137 Å². The summed E-state index contributed by atoms with van der Waals surface area (Å²) in [5.41, 5.74) is 2.49. The normalized spacial score (nSPS) is 9.81. The molecule has 0 saturated carbocycles. The van der Waals surface area contributed by atoms with Crippen LogP contribution in [-0.4, -0.2) is 11.0 Å². The predicted molar refractivity (Wildman–Crippen MR) is 94.7 cm³/mol. The van der Waals surface area contributed by atoms with Gasteiger partial charge in [-0.25, -0.2) is 0 Å².